The number of halogens is 2. The molecule has 0 spiro atoms. The third-order valence-electron chi connectivity index (χ3n) is 4.40. The van der Waals surface area contributed by atoms with Crippen molar-refractivity contribution in [1.82, 2.24) is 9.80 Å². The summed E-state index contributed by atoms with van der Waals surface area (Å²) in [4.78, 5) is 17.0. The molecule has 0 radical (unpaired) electrons. The quantitative estimate of drug-likeness (QED) is 0.743. The average molecular weight is 424 g/mol. The van der Waals surface area contributed by atoms with Crippen LogP contribution in [0.3, 0.4) is 0 Å². The molecule has 2 aromatic carbocycles. The molecule has 0 unspecified atom stereocenters. The number of hydrogen-bond donors (Lipinski definition) is 0. The number of methoxy groups -OCH3 is 1. The highest BCUT2D eigenvalue weighted by Gasteiger charge is 2.24. The Bertz CT molecular complexity index is 761. The van der Waals surface area contributed by atoms with Crippen LogP contribution >= 0.6 is 27.5 Å². The topological polar surface area (TPSA) is 32.8 Å². The maximum Gasteiger partial charge on any atom is 0.257 e. The van der Waals surface area contributed by atoms with Gasteiger partial charge in [0.2, 0.25) is 0 Å². The smallest absolute Gasteiger partial charge is 0.257 e. The third kappa shape index (κ3) is 4.35. The van der Waals surface area contributed by atoms with Crippen LogP contribution in [0.2, 0.25) is 5.02 Å². The van der Waals surface area contributed by atoms with Crippen LogP contribution in [-0.4, -0.2) is 49.0 Å². The predicted molar refractivity (Wildman–Crippen MR) is 103 cm³/mol. The van der Waals surface area contributed by atoms with Crippen molar-refractivity contribution in [2.45, 2.75) is 6.54 Å². The summed E-state index contributed by atoms with van der Waals surface area (Å²) in [5, 5.41) is 0.539. The SMILES string of the molecule is COc1ccc(Cl)cc1C(=O)N1CCN(Cc2ccccc2Br)CC1. The number of amides is 1. The molecule has 4 nitrogen and oxygen atoms in total. The predicted octanol–water partition coefficient (Wildman–Crippen LogP) is 4.07. The first kappa shape index (κ1) is 18.2. The minimum absolute atomic E-state index is 0.0279. The van der Waals surface area contributed by atoms with Gasteiger partial charge in [0.1, 0.15) is 5.75 Å². The summed E-state index contributed by atoms with van der Waals surface area (Å²) in [6.45, 7) is 3.95. The molecule has 1 aliphatic rings. The van der Waals surface area contributed by atoms with Gasteiger partial charge >= 0.3 is 0 Å². The number of hydrogen-bond acceptors (Lipinski definition) is 3. The highest BCUT2D eigenvalue weighted by molar-refractivity contribution is 9.10. The number of benzene rings is 2. The fourth-order valence-electron chi connectivity index (χ4n) is 2.99. The van der Waals surface area contributed by atoms with E-state index < -0.39 is 0 Å². The van der Waals surface area contributed by atoms with Crippen molar-refractivity contribution < 1.29 is 9.53 Å². The number of carbonyl (C=O) groups excluding carboxylic acids is 1. The van der Waals surface area contributed by atoms with Crippen molar-refractivity contribution in [3.05, 3.63) is 63.1 Å². The van der Waals surface area contributed by atoms with Crippen molar-refractivity contribution in [1.29, 1.82) is 0 Å². The molecular weight excluding hydrogens is 404 g/mol. The van der Waals surface area contributed by atoms with E-state index in [1.807, 2.05) is 17.0 Å². The Labute approximate surface area is 161 Å². The van der Waals surface area contributed by atoms with Crippen molar-refractivity contribution in [3.63, 3.8) is 0 Å². The van der Waals surface area contributed by atoms with E-state index in [1.165, 1.54) is 5.56 Å². The maximum atomic E-state index is 12.8. The van der Waals surface area contributed by atoms with Gasteiger partial charge in [-0.25, -0.2) is 0 Å². The monoisotopic (exact) mass is 422 g/mol. The molecule has 0 bridgehead atoms. The molecule has 3 rings (SSSR count). The van der Waals surface area contributed by atoms with Gasteiger partial charge in [-0.3, -0.25) is 9.69 Å². The number of ether oxygens (including phenoxy) is 1. The zero-order valence-electron chi connectivity index (χ0n) is 14.0. The van der Waals surface area contributed by atoms with E-state index in [0.717, 1.165) is 24.1 Å². The zero-order chi connectivity index (χ0) is 17.8. The minimum Gasteiger partial charge on any atom is -0.496 e. The highest BCUT2D eigenvalue weighted by atomic mass is 79.9. The molecule has 132 valence electrons. The summed E-state index contributed by atoms with van der Waals surface area (Å²) < 4.78 is 6.43. The van der Waals surface area contributed by atoms with Crippen LogP contribution in [-0.2, 0) is 6.54 Å². The molecule has 1 amide bonds. The lowest BCUT2D eigenvalue weighted by Crippen LogP contribution is -2.48. The fourth-order valence-corrected chi connectivity index (χ4v) is 3.58. The summed E-state index contributed by atoms with van der Waals surface area (Å²) in [6.07, 6.45) is 0. The van der Waals surface area contributed by atoms with Crippen LogP contribution in [0.25, 0.3) is 0 Å². The molecule has 0 N–H and O–H groups in total. The van der Waals surface area contributed by atoms with E-state index in [-0.39, 0.29) is 5.91 Å². The molecule has 1 heterocycles. The van der Waals surface area contributed by atoms with Gasteiger partial charge < -0.3 is 9.64 Å². The molecule has 6 heteroatoms. The lowest BCUT2D eigenvalue weighted by Gasteiger charge is -2.35. The number of nitrogens with zero attached hydrogens (tertiary/aromatic N) is 2. The van der Waals surface area contributed by atoms with Gasteiger partial charge in [-0.05, 0) is 29.8 Å². The molecule has 0 aliphatic carbocycles. The Balaban J connectivity index is 1.63. The van der Waals surface area contributed by atoms with Crippen molar-refractivity contribution in [2.24, 2.45) is 0 Å². The first-order chi connectivity index (χ1) is 12.1. The number of rotatable bonds is 4. The lowest BCUT2D eigenvalue weighted by molar-refractivity contribution is 0.0625. The van der Waals surface area contributed by atoms with E-state index >= 15 is 0 Å². The number of piperazine rings is 1. The molecule has 1 aliphatic heterocycles. The molecule has 0 aromatic heterocycles. The minimum atomic E-state index is -0.0279. The van der Waals surface area contributed by atoms with E-state index in [2.05, 4.69) is 33.0 Å². The van der Waals surface area contributed by atoms with Gasteiger partial charge in [-0.1, -0.05) is 45.7 Å². The van der Waals surface area contributed by atoms with E-state index in [4.69, 9.17) is 16.3 Å². The maximum absolute atomic E-state index is 12.8. The molecule has 2 aromatic rings. The summed E-state index contributed by atoms with van der Waals surface area (Å²) >= 11 is 9.64. The van der Waals surface area contributed by atoms with Crippen LogP contribution in [0, 0.1) is 0 Å². The third-order valence-corrected chi connectivity index (χ3v) is 5.41. The largest absolute Gasteiger partial charge is 0.496 e. The summed E-state index contributed by atoms with van der Waals surface area (Å²) in [7, 11) is 1.57. The van der Waals surface area contributed by atoms with Gasteiger partial charge in [0.05, 0.1) is 12.7 Å². The van der Waals surface area contributed by atoms with Crippen LogP contribution in [0.1, 0.15) is 15.9 Å². The second-order valence-corrected chi connectivity index (χ2v) is 7.30. The van der Waals surface area contributed by atoms with E-state index in [0.29, 0.717) is 29.4 Å². The van der Waals surface area contributed by atoms with Crippen LogP contribution in [0.5, 0.6) is 5.75 Å². The molecule has 1 fully saturated rings. The Morgan fingerprint density at radius 1 is 1.16 bits per heavy atom. The Morgan fingerprint density at radius 3 is 2.56 bits per heavy atom. The van der Waals surface area contributed by atoms with Crippen LogP contribution in [0.15, 0.2) is 46.9 Å². The molecule has 25 heavy (non-hydrogen) atoms. The standard InChI is InChI=1S/C19H20BrClN2O2/c1-25-18-7-6-15(21)12-16(18)19(24)23-10-8-22(9-11-23)13-14-4-2-3-5-17(14)20/h2-7,12H,8-11,13H2,1H3. The second-order valence-electron chi connectivity index (χ2n) is 6.00. The number of carbonyl (C=O) groups is 1. The summed E-state index contributed by atoms with van der Waals surface area (Å²) in [5.41, 5.74) is 1.79. The molecule has 0 saturated carbocycles. The highest BCUT2D eigenvalue weighted by Crippen LogP contribution is 2.25. The van der Waals surface area contributed by atoms with Gasteiger partial charge in [0, 0.05) is 42.2 Å². The van der Waals surface area contributed by atoms with E-state index in [9.17, 15) is 4.79 Å². The Morgan fingerprint density at radius 2 is 1.88 bits per heavy atom. The van der Waals surface area contributed by atoms with Crippen molar-refractivity contribution >= 4 is 33.4 Å². The van der Waals surface area contributed by atoms with E-state index in [1.54, 1.807) is 25.3 Å². The first-order valence-corrected chi connectivity index (χ1v) is 9.34. The van der Waals surface area contributed by atoms with Gasteiger partial charge in [0.15, 0.2) is 0 Å². The normalized spacial score (nSPS) is 15.2. The van der Waals surface area contributed by atoms with Gasteiger partial charge in [-0.2, -0.15) is 0 Å². The zero-order valence-corrected chi connectivity index (χ0v) is 16.4. The average Bonchev–Trinajstić information content (AvgIpc) is 2.63. The van der Waals surface area contributed by atoms with Crippen LogP contribution in [0.4, 0.5) is 0 Å². The van der Waals surface area contributed by atoms with Gasteiger partial charge in [0.25, 0.3) is 5.91 Å². The molecule has 0 atom stereocenters. The second kappa shape index (κ2) is 8.21. The van der Waals surface area contributed by atoms with Crippen LogP contribution < -0.4 is 4.74 Å². The Hall–Kier alpha value is -1.56. The first-order valence-electron chi connectivity index (χ1n) is 8.17. The Kier molecular flexibility index (Phi) is 5.99. The van der Waals surface area contributed by atoms with Crippen molar-refractivity contribution in [2.75, 3.05) is 33.3 Å². The molecule has 1 saturated heterocycles. The lowest BCUT2D eigenvalue weighted by atomic mass is 10.1. The van der Waals surface area contributed by atoms with Gasteiger partial charge in [-0.15, -0.1) is 0 Å². The van der Waals surface area contributed by atoms with Crippen molar-refractivity contribution in [3.8, 4) is 5.75 Å². The fraction of sp³-hybridized carbons (Fsp3) is 0.316. The summed E-state index contributed by atoms with van der Waals surface area (Å²) in [5.74, 6) is 0.532. The summed E-state index contributed by atoms with van der Waals surface area (Å²) in [6, 6.07) is 13.4. The molecular formula is C19H20BrClN2O2.